The lowest BCUT2D eigenvalue weighted by Gasteiger charge is -2.15. The summed E-state index contributed by atoms with van der Waals surface area (Å²) in [7, 11) is -3.85. The smallest absolute Gasteiger partial charge is 0.242 e. The minimum atomic E-state index is -3.85. The fourth-order valence-electron chi connectivity index (χ4n) is 2.08. The van der Waals surface area contributed by atoms with Gasteiger partial charge in [0.2, 0.25) is 10.0 Å². The van der Waals surface area contributed by atoms with E-state index in [1.807, 2.05) is 30.3 Å². The summed E-state index contributed by atoms with van der Waals surface area (Å²) in [6, 6.07) is 12.5. The van der Waals surface area contributed by atoms with Gasteiger partial charge >= 0.3 is 0 Å². The van der Waals surface area contributed by atoms with Crippen LogP contribution < -0.4 is 10.5 Å². The maximum Gasteiger partial charge on any atom is 0.242 e. The lowest BCUT2D eigenvalue weighted by atomic mass is 10.1. The van der Waals surface area contributed by atoms with Gasteiger partial charge in [-0.25, -0.2) is 17.5 Å². The van der Waals surface area contributed by atoms with Crippen LogP contribution in [-0.2, 0) is 16.4 Å². The molecule has 4 nitrogen and oxygen atoms in total. The molecule has 0 spiro atoms. The highest BCUT2D eigenvalue weighted by atomic mass is 32.2. The van der Waals surface area contributed by atoms with E-state index >= 15 is 0 Å². The van der Waals surface area contributed by atoms with Crippen LogP contribution in [0.1, 0.15) is 12.5 Å². The molecule has 2 rings (SSSR count). The average Bonchev–Trinajstić information content (AvgIpc) is 2.41. The molecular formula is C15H17FN2O2S. The minimum absolute atomic E-state index is 0.0239. The van der Waals surface area contributed by atoms with Crippen molar-refractivity contribution in [1.29, 1.82) is 0 Å². The molecule has 0 radical (unpaired) electrons. The monoisotopic (exact) mass is 308 g/mol. The van der Waals surface area contributed by atoms with Crippen molar-refractivity contribution < 1.29 is 12.8 Å². The van der Waals surface area contributed by atoms with Crippen molar-refractivity contribution >= 4 is 15.7 Å². The van der Waals surface area contributed by atoms with Crippen LogP contribution in [0.3, 0.4) is 0 Å². The molecule has 112 valence electrons. The third-order valence-corrected chi connectivity index (χ3v) is 4.65. The van der Waals surface area contributed by atoms with Crippen LogP contribution in [0.5, 0.6) is 0 Å². The molecule has 6 heteroatoms. The van der Waals surface area contributed by atoms with E-state index in [1.165, 1.54) is 6.07 Å². The SMILES string of the molecule is CC(Cc1ccccc1)NS(=O)(=O)c1cc(F)ccc1N. The maximum absolute atomic E-state index is 13.2. The van der Waals surface area contributed by atoms with E-state index < -0.39 is 15.8 Å². The highest BCUT2D eigenvalue weighted by molar-refractivity contribution is 7.89. The zero-order chi connectivity index (χ0) is 15.5. The number of hydrogen-bond donors (Lipinski definition) is 2. The van der Waals surface area contributed by atoms with Crippen molar-refractivity contribution in [2.75, 3.05) is 5.73 Å². The van der Waals surface area contributed by atoms with Gasteiger partial charge in [-0.15, -0.1) is 0 Å². The summed E-state index contributed by atoms with van der Waals surface area (Å²) in [5, 5.41) is 0. The largest absolute Gasteiger partial charge is 0.398 e. The molecule has 0 heterocycles. The molecule has 0 bridgehead atoms. The van der Waals surface area contributed by atoms with Crippen molar-refractivity contribution in [3.05, 3.63) is 59.9 Å². The van der Waals surface area contributed by atoms with Crippen LogP contribution in [0.25, 0.3) is 0 Å². The third-order valence-electron chi connectivity index (χ3n) is 3.01. The molecule has 0 aromatic heterocycles. The summed E-state index contributed by atoms with van der Waals surface area (Å²) in [6.07, 6.45) is 0.537. The van der Waals surface area contributed by atoms with Gasteiger partial charge in [0.1, 0.15) is 10.7 Å². The van der Waals surface area contributed by atoms with E-state index in [0.29, 0.717) is 6.42 Å². The topological polar surface area (TPSA) is 72.2 Å². The highest BCUT2D eigenvalue weighted by Crippen LogP contribution is 2.19. The number of hydrogen-bond acceptors (Lipinski definition) is 3. The molecular weight excluding hydrogens is 291 g/mol. The van der Waals surface area contributed by atoms with Crippen LogP contribution in [0.15, 0.2) is 53.4 Å². The Kier molecular flexibility index (Phi) is 4.59. The number of halogens is 1. The number of nitrogens with one attached hydrogen (secondary N) is 1. The minimum Gasteiger partial charge on any atom is -0.398 e. The first-order valence-electron chi connectivity index (χ1n) is 6.50. The summed E-state index contributed by atoms with van der Waals surface area (Å²) >= 11 is 0. The fourth-order valence-corrected chi connectivity index (χ4v) is 3.46. The maximum atomic E-state index is 13.2. The molecule has 0 saturated carbocycles. The molecule has 1 atom stereocenters. The van der Waals surface area contributed by atoms with Gasteiger partial charge < -0.3 is 5.73 Å². The van der Waals surface area contributed by atoms with Gasteiger partial charge in [0, 0.05) is 6.04 Å². The first-order valence-corrected chi connectivity index (χ1v) is 7.98. The number of rotatable bonds is 5. The number of sulfonamides is 1. The Morgan fingerprint density at radius 3 is 2.52 bits per heavy atom. The fraction of sp³-hybridized carbons (Fsp3) is 0.200. The van der Waals surface area contributed by atoms with Crippen LogP contribution in [-0.4, -0.2) is 14.5 Å². The number of nitrogen functional groups attached to an aromatic ring is 1. The number of benzene rings is 2. The van der Waals surface area contributed by atoms with Crippen molar-refractivity contribution in [3.8, 4) is 0 Å². The van der Waals surface area contributed by atoms with Crippen molar-refractivity contribution in [2.24, 2.45) is 0 Å². The summed E-state index contributed by atoms with van der Waals surface area (Å²) in [4.78, 5) is -0.234. The van der Waals surface area contributed by atoms with E-state index in [1.54, 1.807) is 6.92 Å². The van der Waals surface area contributed by atoms with E-state index in [0.717, 1.165) is 17.7 Å². The van der Waals surface area contributed by atoms with Crippen molar-refractivity contribution in [2.45, 2.75) is 24.3 Å². The number of anilines is 1. The van der Waals surface area contributed by atoms with Gasteiger partial charge in [0.25, 0.3) is 0 Å². The molecule has 0 amide bonds. The summed E-state index contributed by atoms with van der Waals surface area (Å²) < 4.78 is 40.2. The molecule has 21 heavy (non-hydrogen) atoms. The second kappa shape index (κ2) is 6.24. The predicted octanol–water partition coefficient (Wildman–Crippen LogP) is 2.32. The Morgan fingerprint density at radius 2 is 1.86 bits per heavy atom. The quantitative estimate of drug-likeness (QED) is 0.833. The second-order valence-electron chi connectivity index (χ2n) is 4.89. The molecule has 0 saturated heterocycles. The van der Waals surface area contributed by atoms with E-state index in [-0.39, 0.29) is 16.6 Å². The first kappa shape index (κ1) is 15.5. The normalized spacial score (nSPS) is 13.0. The molecule has 0 aliphatic carbocycles. The standard InChI is InChI=1S/C15H17FN2O2S/c1-11(9-12-5-3-2-4-6-12)18-21(19,20)15-10-13(16)7-8-14(15)17/h2-8,10-11,18H,9,17H2,1H3. The Bertz CT molecular complexity index is 718. The predicted molar refractivity (Wildman–Crippen MR) is 80.7 cm³/mol. The van der Waals surface area contributed by atoms with Gasteiger partial charge in [0.05, 0.1) is 5.69 Å². The molecule has 2 aromatic rings. The lowest BCUT2D eigenvalue weighted by Crippen LogP contribution is -2.34. The van der Waals surface area contributed by atoms with E-state index in [2.05, 4.69) is 4.72 Å². The van der Waals surface area contributed by atoms with Gasteiger partial charge in [-0.1, -0.05) is 30.3 Å². The van der Waals surface area contributed by atoms with Gasteiger partial charge in [-0.05, 0) is 37.1 Å². The Labute approximate surface area is 123 Å². The highest BCUT2D eigenvalue weighted by Gasteiger charge is 2.20. The second-order valence-corrected chi connectivity index (χ2v) is 6.58. The number of nitrogens with two attached hydrogens (primary N) is 1. The molecule has 1 unspecified atom stereocenters. The van der Waals surface area contributed by atoms with Crippen molar-refractivity contribution in [3.63, 3.8) is 0 Å². The Balaban J connectivity index is 2.15. The summed E-state index contributed by atoms with van der Waals surface area (Å²) in [5.41, 5.74) is 6.66. The van der Waals surface area contributed by atoms with E-state index in [4.69, 9.17) is 5.73 Å². The average molecular weight is 308 g/mol. The van der Waals surface area contributed by atoms with Crippen LogP contribution in [0.4, 0.5) is 10.1 Å². The first-order chi connectivity index (χ1) is 9.88. The zero-order valence-electron chi connectivity index (χ0n) is 11.6. The molecule has 3 N–H and O–H groups in total. The molecule has 0 aliphatic heterocycles. The van der Waals surface area contributed by atoms with Crippen molar-refractivity contribution in [1.82, 2.24) is 4.72 Å². The zero-order valence-corrected chi connectivity index (χ0v) is 12.4. The van der Waals surface area contributed by atoms with Gasteiger partial charge in [-0.3, -0.25) is 0 Å². The lowest BCUT2D eigenvalue weighted by molar-refractivity contribution is 0.557. The third kappa shape index (κ3) is 4.03. The van der Waals surface area contributed by atoms with Gasteiger partial charge in [-0.2, -0.15) is 0 Å². The summed E-state index contributed by atoms with van der Waals surface area (Å²) in [6.45, 7) is 1.75. The van der Waals surface area contributed by atoms with Crippen LogP contribution in [0.2, 0.25) is 0 Å². The Hall–Kier alpha value is -1.92. The molecule has 0 fully saturated rings. The van der Waals surface area contributed by atoms with Gasteiger partial charge in [0.15, 0.2) is 0 Å². The summed E-state index contributed by atoms with van der Waals surface area (Å²) in [5.74, 6) is -0.639. The van der Waals surface area contributed by atoms with Crippen LogP contribution in [0, 0.1) is 5.82 Å². The Morgan fingerprint density at radius 1 is 1.19 bits per heavy atom. The van der Waals surface area contributed by atoms with E-state index in [9.17, 15) is 12.8 Å². The van der Waals surface area contributed by atoms with Crippen LogP contribution >= 0.6 is 0 Å². The molecule has 0 aliphatic rings. The molecule has 2 aromatic carbocycles.